The molecule has 0 radical (unpaired) electrons. The zero-order valence-electron chi connectivity index (χ0n) is 17.7. The molecule has 0 aliphatic carbocycles. The minimum atomic E-state index is -1.26. The van der Waals surface area contributed by atoms with Crippen LogP contribution in [0.15, 0.2) is 71.9 Å². The van der Waals surface area contributed by atoms with Crippen LogP contribution in [0.4, 0.5) is 4.39 Å². The maximum absolute atomic E-state index is 14.0. The molecular weight excluding hydrogens is 419 g/mol. The number of hydrogen-bond acceptors (Lipinski definition) is 6. The van der Waals surface area contributed by atoms with E-state index in [0.29, 0.717) is 30.0 Å². The summed E-state index contributed by atoms with van der Waals surface area (Å²) in [6.45, 7) is 1.13. The van der Waals surface area contributed by atoms with Gasteiger partial charge in [-0.15, -0.1) is 0 Å². The lowest BCUT2D eigenvalue weighted by Gasteiger charge is -2.08. The summed E-state index contributed by atoms with van der Waals surface area (Å²) in [4.78, 5) is 26.4. The van der Waals surface area contributed by atoms with Gasteiger partial charge in [0, 0.05) is 24.3 Å². The predicted molar refractivity (Wildman–Crippen MR) is 119 cm³/mol. The van der Waals surface area contributed by atoms with Crippen LogP contribution >= 0.6 is 0 Å². The van der Waals surface area contributed by atoms with E-state index in [4.69, 9.17) is 15.1 Å². The smallest absolute Gasteiger partial charge is 0.328 e. The second kappa shape index (κ2) is 14.1. The first-order valence-corrected chi connectivity index (χ1v) is 9.39. The molecule has 0 saturated carbocycles. The van der Waals surface area contributed by atoms with E-state index in [9.17, 15) is 19.1 Å². The van der Waals surface area contributed by atoms with Crippen molar-refractivity contribution in [3.8, 4) is 5.75 Å². The van der Waals surface area contributed by atoms with E-state index in [-0.39, 0.29) is 11.6 Å². The molecular formula is C23H25FN2O6. The number of allylic oxidation sites excluding steroid dienone is 1. The molecule has 0 unspecified atom stereocenters. The second-order valence-corrected chi connectivity index (χ2v) is 6.53. The van der Waals surface area contributed by atoms with Gasteiger partial charge < -0.3 is 25.1 Å². The van der Waals surface area contributed by atoms with Crippen molar-refractivity contribution in [1.82, 2.24) is 4.90 Å². The van der Waals surface area contributed by atoms with E-state index < -0.39 is 11.9 Å². The Hall–Kier alpha value is -3.98. The number of likely N-dealkylation sites (N-methyl/N-ethyl adjacent to an activating group) is 1. The first-order valence-electron chi connectivity index (χ1n) is 9.39. The highest BCUT2D eigenvalue weighted by molar-refractivity contribution is 6.10. The normalized spacial score (nSPS) is 11.4. The van der Waals surface area contributed by atoms with E-state index in [1.54, 1.807) is 54.6 Å². The van der Waals surface area contributed by atoms with Gasteiger partial charge in [0.1, 0.15) is 23.9 Å². The van der Waals surface area contributed by atoms with Gasteiger partial charge in [-0.1, -0.05) is 35.5 Å². The third-order valence-corrected chi connectivity index (χ3v) is 3.64. The molecule has 0 amide bonds. The first kappa shape index (κ1) is 26.1. The summed E-state index contributed by atoms with van der Waals surface area (Å²) in [5, 5.41) is 29.0. The highest BCUT2D eigenvalue weighted by Gasteiger charge is 2.07. The number of nitrogens with zero attached hydrogens (tertiary/aromatic N) is 2. The van der Waals surface area contributed by atoms with Crippen LogP contribution in [-0.2, 0) is 14.4 Å². The highest BCUT2D eigenvalue weighted by Crippen LogP contribution is 2.13. The Morgan fingerprint density at radius 2 is 1.59 bits per heavy atom. The molecule has 9 heteroatoms. The van der Waals surface area contributed by atoms with Crippen molar-refractivity contribution in [2.75, 3.05) is 27.2 Å². The zero-order valence-corrected chi connectivity index (χ0v) is 17.7. The molecule has 32 heavy (non-hydrogen) atoms. The van der Waals surface area contributed by atoms with Gasteiger partial charge in [-0.05, 0) is 50.0 Å². The molecule has 0 spiro atoms. The lowest BCUT2D eigenvalue weighted by Crippen LogP contribution is -2.17. The van der Waals surface area contributed by atoms with Crippen LogP contribution in [0.1, 0.15) is 11.1 Å². The molecule has 0 saturated heterocycles. The topological polar surface area (TPSA) is 120 Å². The van der Waals surface area contributed by atoms with Crippen molar-refractivity contribution < 1.29 is 34.1 Å². The van der Waals surface area contributed by atoms with Crippen molar-refractivity contribution in [2.45, 2.75) is 0 Å². The highest BCUT2D eigenvalue weighted by atomic mass is 19.1. The molecule has 0 fully saturated rings. The summed E-state index contributed by atoms with van der Waals surface area (Å²) in [6, 6.07) is 13.1. The molecule has 0 bridgehead atoms. The monoisotopic (exact) mass is 444 g/mol. The molecule has 2 aromatic carbocycles. The molecule has 0 heterocycles. The fourth-order valence-corrected chi connectivity index (χ4v) is 2.08. The maximum Gasteiger partial charge on any atom is 0.328 e. The molecule has 0 aliphatic rings. The van der Waals surface area contributed by atoms with Crippen LogP contribution in [0.2, 0.25) is 0 Å². The van der Waals surface area contributed by atoms with Crippen molar-refractivity contribution in [1.29, 1.82) is 0 Å². The Kier molecular flexibility index (Phi) is 11.5. The number of carboxylic acids is 2. The number of aromatic hydroxyl groups is 1. The van der Waals surface area contributed by atoms with Gasteiger partial charge in [0.25, 0.3) is 0 Å². The fourth-order valence-electron chi connectivity index (χ4n) is 2.08. The minimum Gasteiger partial charge on any atom is -0.508 e. The number of carboxylic acid groups (broad SMARTS) is 2. The van der Waals surface area contributed by atoms with Gasteiger partial charge in [0.05, 0.1) is 0 Å². The zero-order chi connectivity index (χ0) is 23.9. The second-order valence-electron chi connectivity index (χ2n) is 6.53. The number of carbonyl (C=O) groups is 2. The SMILES string of the molecule is CN(C)CCON=C(C=Cc1ccc(O)cc1)c1ccccc1F.O=C(O)C=CC(=O)O. The quantitative estimate of drug-likeness (QED) is 0.235. The van der Waals surface area contributed by atoms with Gasteiger partial charge in [0.15, 0.2) is 0 Å². The van der Waals surface area contributed by atoms with Crippen molar-refractivity contribution >= 4 is 23.7 Å². The summed E-state index contributed by atoms with van der Waals surface area (Å²) >= 11 is 0. The number of hydrogen-bond donors (Lipinski definition) is 3. The van der Waals surface area contributed by atoms with Crippen LogP contribution in [0.3, 0.4) is 0 Å². The van der Waals surface area contributed by atoms with Gasteiger partial charge >= 0.3 is 11.9 Å². The van der Waals surface area contributed by atoms with E-state index in [1.807, 2.05) is 19.0 Å². The number of phenols is 1. The minimum absolute atomic E-state index is 0.196. The summed E-state index contributed by atoms with van der Waals surface area (Å²) in [6.07, 6.45) is 4.60. The number of phenolic OH excluding ortho intramolecular Hbond substituents is 1. The average molecular weight is 444 g/mol. The molecule has 2 aromatic rings. The van der Waals surface area contributed by atoms with Gasteiger partial charge in [-0.2, -0.15) is 0 Å². The number of halogens is 1. The summed E-state index contributed by atoms with van der Waals surface area (Å²) in [5.41, 5.74) is 1.64. The third kappa shape index (κ3) is 11.3. The van der Waals surface area contributed by atoms with E-state index >= 15 is 0 Å². The molecule has 3 N–H and O–H groups in total. The predicted octanol–water partition coefficient (Wildman–Crippen LogP) is 3.24. The Morgan fingerprint density at radius 3 is 2.12 bits per heavy atom. The van der Waals surface area contributed by atoms with Gasteiger partial charge in [-0.3, -0.25) is 0 Å². The molecule has 0 aromatic heterocycles. The largest absolute Gasteiger partial charge is 0.508 e. The fraction of sp³-hybridized carbons (Fsp3) is 0.174. The lowest BCUT2D eigenvalue weighted by atomic mass is 10.1. The summed E-state index contributed by atoms with van der Waals surface area (Å²) in [5.74, 6) is -2.68. The van der Waals surface area contributed by atoms with E-state index in [0.717, 1.165) is 12.1 Å². The van der Waals surface area contributed by atoms with E-state index in [1.165, 1.54) is 6.07 Å². The Morgan fingerprint density at radius 1 is 1.00 bits per heavy atom. The first-order chi connectivity index (χ1) is 15.2. The van der Waals surface area contributed by atoms with Crippen LogP contribution in [0.5, 0.6) is 5.75 Å². The van der Waals surface area contributed by atoms with Gasteiger partial charge in [0.2, 0.25) is 0 Å². The van der Waals surface area contributed by atoms with Crippen LogP contribution in [0, 0.1) is 5.82 Å². The number of aliphatic carboxylic acids is 2. The molecule has 2 rings (SSSR count). The third-order valence-electron chi connectivity index (χ3n) is 3.64. The molecule has 8 nitrogen and oxygen atoms in total. The molecule has 0 atom stereocenters. The van der Waals surface area contributed by atoms with Crippen LogP contribution in [0.25, 0.3) is 6.08 Å². The summed E-state index contributed by atoms with van der Waals surface area (Å²) < 4.78 is 14.0. The van der Waals surface area contributed by atoms with E-state index in [2.05, 4.69) is 5.16 Å². The summed E-state index contributed by atoms with van der Waals surface area (Å²) in [7, 11) is 3.88. The number of benzene rings is 2. The Bertz CT molecular complexity index is 953. The number of rotatable bonds is 9. The lowest BCUT2D eigenvalue weighted by molar-refractivity contribution is -0.134. The van der Waals surface area contributed by atoms with Crippen LogP contribution in [-0.4, -0.2) is 65.1 Å². The van der Waals surface area contributed by atoms with Crippen molar-refractivity contribution in [2.24, 2.45) is 5.16 Å². The molecule has 0 aliphatic heterocycles. The van der Waals surface area contributed by atoms with Crippen molar-refractivity contribution in [3.05, 3.63) is 83.7 Å². The molecule has 170 valence electrons. The Labute approximate surface area is 185 Å². The Balaban J connectivity index is 0.000000547. The standard InChI is InChI=1S/C19H21FN2O2.C4H4O4/c1-22(2)13-14-24-21-19(17-5-3-4-6-18(17)20)12-9-15-7-10-16(23)11-8-15;5-3(6)1-2-4(7)8/h3-12,23H,13-14H2,1-2H3;1-2H,(H,5,6)(H,7,8). The average Bonchev–Trinajstić information content (AvgIpc) is 2.74. The maximum atomic E-state index is 14.0. The van der Waals surface area contributed by atoms with Crippen LogP contribution < -0.4 is 0 Å². The van der Waals surface area contributed by atoms with Gasteiger partial charge in [-0.25, -0.2) is 14.0 Å². The van der Waals surface area contributed by atoms with Crippen molar-refractivity contribution in [3.63, 3.8) is 0 Å². The number of oxime groups is 1.